The molecule has 1 unspecified atom stereocenters. The number of hydrogen-bond donors (Lipinski definition) is 1. The van der Waals surface area contributed by atoms with Gasteiger partial charge in [0, 0.05) is 38.0 Å². The highest BCUT2D eigenvalue weighted by atomic mass is 19.4. The van der Waals surface area contributed by atoms with Gasteiger partial charge in [-0.05, 0) is 74.6 Å². The smallest absolute Gasteiger partial charge is 0.400 e. The Morgan fingerprint density at radius 2 is 1.86 bits per heavy atom. The molecule has 1 fully saturated rings. The molecule has 0 spiro atoms. The predicted octanol–water partition coefficient (Wildman–Crippen LogP) is 7.17. The normalized spacial score (nSPS) is 18.3. The number of aliphatic imine (C=N–C) groups is 2. The van der Waals surface area contributed by atoms with E-state index in [1.54, 1.807) is 32.2 Å². The standard InChI is InChI=1S/C31H33F5N4O3/c1-17(2)26(38-23-10-9-20(15-18(23)3)27(41)37-22-11-13-30(32,33)14-12-22)39-28(19(4)31(34,35)36)43-24-8-6-7-21-16-40(5)29(42)25(21)24/h6-10,15,19,22H,1,11-14,16H2,2-5H3,(H,37,41). The summed E-state index contributed by atoms with van der Waals surface area (Å²) in [4.78, 5) is 35.4. The minimum atomic E-state index is -4.71. The lowest BCUT2D eigenvalue weighted by molar-refractivity contribution is -0.153. The van der Waals surface area contributed by atoms with E-state index in [-0.39, 0.29) is 65.9 Å². The third-order valence-corrected chi connectivity index (χ3v) is 7.49. The summed E-state index contributed by atoms with van der Waals surface area (Å²) in [5.74, 6) is -6.54. The Hall–Kier alpha value is -4.09. The lowest BCUT2D eigenvalue weighted by Gasteiger charge is -2.28. The first-order chi connectivity index (χ1) is 20.1. The second-order valence-electron chi connectivity index (χ2n) is 11.1. The molecule has 43 heavy (non-hydrogen) atoms. The van der Waals surface area contributed by atoms with Crippen LogP contribution in [0.15, 0.2) is 58.5 Å². The average Bonchev–Trinajstić information content (AvgIpc) is 3.22. The lowest BCUT2D eigenvalue weighted by atomic mass is 9.92. The van der Waals surface area contributed by atoms with Crippen LogP contribution in [0.5, 0.6) is 5.75 Å². The lowest BCUT2D eigenvalue weighted by Crippen LogP contribution is -2.40. The zero-order valence-electron chi connectivity index (χ0n) is 24.3. The molecule has 0 radical (unpaired) electrons. The maximum absolute atomic E-state index is 13.9. The van der Waals surface area contributed by atoms with Gasteiger partial charge in [-0.1, -0.05) is 18.7 Å². The third kappa shape index (κ3) is 7.47. The molecule has 230 valence electrons. The van der Waals surface area contributed by atoms with Crippen LogP contribution in [0.4, 0.5) is 27.6 Å². The Balaban J connectivity index is 1.63. The number of carbonyl (C=O) groups excluding carboxylic acids is 2. The number of halogens is 5. The van der Waals surface area contributed by atoms with Crippen molar-refractivity contribution in [3.8, 4) is 5.75 Å². The molecule has 0 bridgehead atoms. The maximum Gasteiger partial charge on any atom is 0.400 e. The third-order valence-electron chi connectivity index (χ3n) is 7.49. The first-order valence-electron chi connectivity index (χ1n) is 13.8. The maximum atomic E-state index is 13.9. The fourth-order valence-corrected chi connectivity index (χ4v) is 4.82. The molecule has 7 nitrogen and oxygen atoms in total. The molecule has 1 aliphatic carbocycles. The summed E-state index contributed by atoms with van der Waals surface area (Å²) in [6.07, 6.45) is -4.92. The van der Waals surface area contributed by atoms with E-state index in [0.29, 0.717) is 23.4 Å². The minimum absolute atomic E-state index is 0.0454. The summed E-state index contributed by atoms with van der Waals surface area (Å²) in [5, 5.41) is 2.78. The van der Waals surface area contributed by atoms with Crippen LogP contribution in [0.3, 0.4) is 0 Å². The van der Waals surface area contributed by atoms with Gasteiger partial charge in [0.25, 0.3) is 11.8 Å². The van der Waals surface area contributed by atoms with Crippen molar-refractivity contribution in [1.82, 2.24) is 10.2 Å². The van der Waals surface area contributed by atoms with Crippen molar-refractivity contribution in [3.63, 3.8) is 0 Å². The van der Waals surface area contributed by atoms with E-state index in [1.165, 1.54) is 30.0 Å². The SMILES string of the molecule is C=C(C)C(=Nc1ccc(C(=O)NC2CCC(F)(F)CC2)cc1C)N=C(Oc1cccc2c1C(=O)N(C)C2)C(C)C(F)(F)F. The number of ether oxygens (including phenoxy) is 1. The molecule has 2 aromatic rings. The highest BCUT2D eigenvalue weighted by molar-refractivity contribution is 6.07. The molecule has 1 N–H and O–H groups in total. The first-order valence-corrected chi connectivity index (χ1v) is 13.8. The van der Waals surface area contributed by atoms with Crippen LogP contribution < -0.4 is 10.1 Å². The van der Waals surface area contributed by atoms with Gasteiger partial charge in [-0.25, -0.2) is 13.8 Å². The summed E-state index contributed by atoms with van der Waals surface area (Å²) < 4.78 is 74.3. The number of nitrogens with one attached hydrogen (secondary N) is 1. The van der Waals surface area contributed by atoms with Gasteiger partial charge in [0.2, 0.25) is 11.8 Å². The zero-order chi connectivity index (χ0) is 31.7. The number of aryl methyl sites for hydroxylation is 1. The number of fused-ring (bicyclic) bond motifs is 1. The van der Waals surface area contributed by atoms with Crippen LogP contribution in [-0.2, 0) is 6.54 Å². The van der Waals surface area contributed by atoms with E-state index < -0.39 is 29.8 Å². The van der Waals surface area contributed by atoms with Crippen LogP contribution in [0, 0.1) is 12.8 Å². The van der Waals surface area contributed by atoms with Gasteiger partial charge in [-0.15, -0.1) is 0 Å². The molecular weight excluding hydrogens is 571 g/mol. The molecular formula is C31H33F5N4O3. The van der Waals surface area contributed by atoms with Crippen molar-refractivity contribution >= 4 is 29.2 Å². The number of benzene rings is 2. The Kier molecular flexibility index (Phi) is 9.08. The molecule has 0 aromatic heterocycles. The van der Waals surface area contributed by atoms with Gasteiger partial charge in [0.1, 0.15) is 11.7 Å². The average molecular weight is 605 g/mol. The van der Waals surface area contributed by atoms with Gasteiger partial charge in [-0.3, -0.25) is 9.59 Å². The largest absolute Gasteiger partial charge is 0.441 e. The van der Waals surface area contributed by atoms with Crippen molar-refractivity contribution < 1.29 is 36.3 Å². The van der Waals surface area contributed by atoms with Crippen LogP contribution >= 0.6 is 0 Å². The molecule has 2 aliphatic rings. The second-order valence-corrected chi connectivity index (χ2v) is 11.1. The Bertz CT molecular complexity index is 1490. The van der Waals surface area contributed by atoms with Crippen LogP contribution in [0.2, 0.25) is 0 Å². The minimum Gasteiger partial charge on any atom is -0.441 e. The fourth-order valence-electron chi connectivity index (χ4n) is 4.82. The number of nitrogens with zero attached hydrogens (tertiary/aromatic N) is 3. The Morgan fingerprint density at radius 1 is 1.19 bits per heavy atom. The van der Waals surface area contributed by atoms with Gasteiger partial charge < -0.3 is 15.0 Å². The van der Waals surface area contributed by atoms with Gasteiger partial charge in [0.15, 0.2) is 5.84 Å². The second kappa shape index (κ2) is 12.3. The summed E-state index contributed by atoms with van der Waals surface area (Å²) >= 11 is 0. The van der Waals surface area contributed by atoms with E-state index in [4.69, 9.17) is 4.74 Å². The van der Waals surface area contributed by atoms with Gasteiger partial charge in [0.05, 0.1) is 11.3 Å². The molecule has 4 rings (SSSR count). The molecule has 1 saturated carbocycles. The highest BCUT2D eigenvalue weighted by Gasteiger charge is 2.42. The predicted molar refractivity (Wildman–Crippen MR) is 153 cm³/mol. The van der Waals surface area contributed by atoms with Crippen molar-refractivity contribution in [3.05, 3.63) is 70.8 Å². The van der Waals surface area contributed by atoms with E-state index in [0.717, 1.165) is 6.92 Å². The van der Waals surface area contributed by atoms with Crippen molar-refractivity contribution in [1.29, 1.82) is 0 Å². The summed E-state index contributed by atoms with van der Waals surface area (Å²) in [7, 11) is 1.58. The van der Waals surface area contributed by atoms with Crippen LogP contribution in [0.25, 0.3) is 0 Å². The van der Waals surface area contributed by atoms with Gasteiger partial charge in [-0.2, -0.15) is 18.2 Å². The zero-order valence-corrected chi connectivity index (χ0v) is 24.3. The van der Waals surface area contributed by atoms with E-state index in [2.05, 4.69) is 21.9 Å². The quantitative estimate of drug-likeness (QED) is 0.216. The monoisotopic (exact) mass is 604 g/mol. The fraction of sp³-hybridized carbons (Fsp3) is 0.419. The summed E-state index contributed by atoms with van der Waals surface area (Å²) in [6, 6.07) is 8.91. The summed E-state index contributed by atoms with van der Waals surface area (Å²) in [5.41, 5.74) is 2.19. The topological polar surface area (TPSA) is 83.4 Å². The molecule has 12 heteroatoms. The van der Waals surface area contributed by atoms with Crippen molar-refractivity contribution in [2.75, 3.05) is 7.05 Å². The number of amidine groups is 1. The number of carbonyl (C=O) groups is 2. The Morgan fingerprint density at radius 3 is 2.47 bits per heavy atom. The highest BCUT2D eigenvalue weighted by Crippen LogP contribution is 2.35. The molecule has 2 aromatic carbocycles. The number of rotatable bonds is 6. The molecule has 2 amide bonds. The summed E-state index contributed by atoms with van der Waals surface area (Å²) in [6.45, 7) is 8.21. The van der Waals surface area contributed by atoms with Crippen LogP contribution in [0.1, 0.15) is 71.4 Å². The van der Waals surface area contributed by atoms with Gasteiger partial charge >= 0.3 is 6.18 Å². The van der Waals surface area contributed by atoms with Crippen molar-refractivity contribution in [2.24, 2.45) is 15.9 Å². The molecule has 0 saturated heterocycles. The molecule has 1 heterocycles. The van der Waals surface area contributed by atoms with E-state index in [1.807, 2.05) is 0 Å². The Labute approximate surface area is 246 Å². The van der Waals surface area contributed by atoms with Crippen LogP contribution in [-0.4, -0.2) is 53.6 Å². The van der Waals surface area contributed by atoms with Crippen molar-refractivity contribution in [2.45, 2.75) is 71.1 Å². The molecule has 1 aliphatic heterocycles. The number of hydrogen-bond acceptors (Lipinski definition) is 4. The number of amides is 2. The first kappa shape index (κ1) is 31.8. The van der Waals surface area contributed by atoms with E-state index >= 15 is 0 Å². The number of alkyl halides is 5. The molecule has 1 atom stereocenters. The van der Waals surface area contributed by atoms with E-state index in [9.17, 15) is 31.5 Å².